The molecule has 0 fully saturated rings. The molecule has 4 nitrogen and oxygen atoms in total. The van der Waals surface area contributed by atoms with Crippen molar-refractivity contribution in [2.45, 2.75) is 13.3 Å². The number of aromatic nitrogens is 2. The predicted molar refractivity (Wildman–Crippen MR) is 101 cm³/mol. The molecule has 128 valence electrons. The molecule has 0 radical (unpaired) electrons. The summed E-state index contributed by atoms with van der Waals surface area (Å²) >= 11 is 0. The Labute approximate surface area is 151 Å². The van der Waals surface area contributed by atoms with Crippen LogP contribution in [0, 0.1) is 6.92 Å². The van der Waals surface area contributed by atoms with Gasteiger partial charge in [-0.15, -0.1) is 0 Å². The first-order valence-corrected chi connectivity index (χ1v) is 8.53. The van der Waals surface area contributed by atoms with Gasteiger partial charge in [-0.2, -0.15) is 8.97 Å². The largest absolute Gasteiger partial charge is 0.477 e. The van der Waals surface area contributed by atoms with Crippen LogP contribution in [0.2, 0.25) is 0 Å². The second-order valence-corrected chi connectivity index (χ2v) is 6.37. The van der Waals surface area contributed by atoms with E-state index < -0.39 is 0 Å². The molecular formula is C22H19N2O2+. The number of hydrogen-bond donors (Lipinski definition) is 1. The fraction of sp³-hybridized carbons (Fsp3) is 0.0909. The van der Waals surface area contributed by atoms with Gasteiger partial charge < -0.3 is 5.11 Å². The average Bonchev–Trinajstić information content (AvgIpc) is 2.67. The van der Waals surface area contributed by atoms with Crippen LogP contribution in [0.4, 0.5) is 0 Å². The first-order valence-electron chi connectivity index (χ1n) is 8.53. The van der Waals surface area contributed by atoms with Gasteiger partial charge in [-0.05, 0) is 30.7 Å². The fourth-order valence-corrected chi connectivity index (χ4v) is 3.17. The lowest BCUT2D eigenvalue weighted by atomic mass is 10.1. The number of fused-ring (bicyclic) bond motifs is 1. The zero-order valence-electron chi connectivity index (χ0n) is 14.5. The zero-order chi connectivity index (χ0) is 18.1. The molecule has 2 heterocycles. The lowest BCUT2D eigenvalue weighted by Gasteiger charge is -2.09. The summed E-state index contributed by atoms with van der Waals surface area (Å²) in [5.41, 5.74) is 3.67. The van der Waals surface area contributed by atoms with E-state index in [1.807, 2.05) is 79.7 Å². The van der Waals surface area contributed by atoms with Crippen LogP contribution in [0.1, 0.15) is 16.7 Å². The van der Waals surface area contributed by atoms with Crippen molar-refractivity contribution in [2.24, 2.45) is 0 Å². The average molecular weight is 343 g/mol. The summed E-state index contributed by atoms with van der Waals surface area (Å²) in [7, 11) is 0. The second-order valence-electron chi connectivity index (χ2n) is 6.37. The molecule has 0 bridgehead atoms. The maximum absolute atomic E-state index is 13.3. The molecule has 0 aliphatic carbocycles. The number of pyridine rings is 1. The molecule has 0 saturated heterocycles. The van der Waals surface area contributed by atoms with E-state index >= 15 is 0 Å². The minimum absolute atomic E-state index is 0.0159. The quantitative estimate of drug-likeness (QED) is 0.581. The van der Waals surface area contributed by atoms with E-state index in [1.165, 1.54) is 0 Å². The maximum Gasteiger partial charge on any atom is 0.350 e. The van der Waals surface area contributed by atoms with Crippen LogP contribution in [-0.4, -0.2) is 9.67 Å². The van der Waals surface area contributed by atoms with Crippen LogP contribution >= 0.6 is 0 Å². The van der Waals surface area contributed by atoms with E-state index in [1.54, 1.807) is 15.2 Å². The Kier molecular flexibility index (Phi) is 4.01. The summed E-state index contributed by atoms with van der Waals surface area (Å²) in [5.74, 6) is -0.0159. The monoisotopic (exact) mass is 343 g/mol. The first-order chi connectivity index (χ1) is 12.6. The van der Waals surface area contributed by atoms with Crippen LogP contribution in [0.3, 0.4) is 0 Å². The van der Waals surface area contributed by atoms with E-state index in [-0.39, 0.29) is 11.4 Å². The standard InChI is InChI=1S/C22H18N2O2/c1-16-10-12-18(13-11-16)24-20-9-5-6-14-23(20)21(25)19(22(24)26)15-17-7-3-2-4-8-17/h2-14H,15H2,1H3/p+1. The maximum atomic E-state index is 13.3. The molecule has 2 aromatic heterocycles. The Balaban J connectivity index is 2.01. The van der Waals surface area contributed by atoms with Crippen molar-refractivity contribution in [1.82, 2.24) is 4.57 Å². The Morgan fingerprint density at radius 1 is 0.923 bits per heavy atom. The van der Waals surface area contributed by atoms with Gasteiger partial charge in [0.2, 0.25) is 0 Å². The Hall–Kier alpha value is -3.40. The SMILES string of the molecule is Cc1ccc(-n2c(=O)c(Cc3ccccc3)c(O)[n+]3ccccc23)cc1. The van der Waals surface area contributed by atoms with E-state index in [0.717, 1.165) is 16.8 Å². The van der Waals surface area contributed by atoms with Crippen LogP contribution < -0.4 is 9.96 Å². The third-order valence-corrected chi connectivity index (χ3v) is 4.54. The molecule has 1 N–H and O–H groups in total. The van der Waals surface area contributed by atoms with Crippen molar-refractivity contribution in [3.8, 4) is 11.6 Å². The minimum atomic E-state index is -0.207. The van der Waals surface area contributed by atoms with E-state index in [9.17, 15) is 9.90 Å². The first kappa shape index (κ1) is 16.1. The number of rotatable bonds is 3. The fourth-order valence-electron chi connectivity index (χ4n) is 3.17. The molecule has 26 heavy (non-hydrogen) atoms. The second kappa shape index (κ2) is 6.48. The Morgan fingerprint density at radius 3 is 2.35 bits per heavy atom. The van der Waals surface area contributed by atoms with Crippen molar-refractivity contribution < 1.29 is 9.51 Å². The molecule has 4 rings (SSSR count). The Morgan fingerprint density at radius 2 is 1.62 bits per heavy atom. The van der Waals surface area contributed by atoms with Gasteiger partial charge in [0.15, 0.2) is 0 Å². The summed E-state index contributed by atoms with van der Waals surface area (Å²) < 4.78 is 3.30. The minimum Gasteiger partial charge on any atom is -0.477 e. The summed E-state index contributed by atoms with van der Waals surface area (Å²) in [5, 5.41) is 10.8. The molecule has 0 atom stereocenters. The molecule has 2 aromatic carbocycles. The van der Waals surface area contributed by atoms with Crippen molar-refractivity contribution in [3.05, 3.63) is 106 Å². The molecular weight excluding hydrogens is 324 g/mol. The van der Waals surface area contributed by atoms with Crippen molar-refractivity contribution in [1.29, 1.82) is 0 Å². The highest BCUT2D eigenvalue weighted by Gasteiger charge is 2.24. The van der Waals surface area contributed by atoms with E-state index in [4.69, 9.17) is 0 Å². The van der Waals surface area contributed by atoms with Gasteiger partial charge in [0.05, 0.1) is 6.20 Å². The lowest BCUT2D eigenvalue weighted by Crippen LogP contribution is -2.36. The predicted octanol–water partition coefficient (Wildman–Crippen LogP) is 3.18. The van der Waals surface area contributed by atoms with Gasteiger partial charge in [0.1, 0.15) is 11.3 Å². The molecule has 0 aliphatic rings. The molecule has 4 heteroatoms. The summed E-state index contributed by atoms with van der Waals surface area (Å²) in [6, 6.07) is 23.0. The van der Waals surface area contributed by atoms with Crippen molar-refractivity contribution in [2.75, 3.05) is 0 Å². The number of hydrogen-bond acceptors (Lipinski definition) is 2. The smallest absolute Gasteiger partial charge is 0.350 e. The van der Waals surface area contributed by atoms with Gasteiger partial charge in [-0.3, -0.25) is 0 Å². The van der Waals surface area contributed by atoms with Crippen LogP contribution in [0.5, 0.6) is 5.88 Å². The zero-order valence-corrected chi connectivity index (χ0v) is 14.5. The molecule has 0 amide bonds. The summed E-state index contributed by atoms with van der Waals surface area (Å²) in [6.07, 6.45) is 2.14. The van der Waals surface area contributed by atoms with Crippen LogP contribution in [-0.2, 0) is 6.42 Å². The van der Waals surface area contributed by atoms with Crippen molar-refractivity contribution >= 4 is 5.65 Å². The van der Waals surface area contributed by atoms with Gasteiger partial charge >= 0.3 is 5.56 Å². The number of nitrogens with zero attached hydrogens (tertiary/aromatic N) is 2. The van der Waals surface area contributed by atoms with Crippen molar-refractivity contribution in [3.63, 3.8) is 0 Å². The van der Waals surface area contributed by atoms with E-state index in [0.29, 0.717) is 17.6 Å². The highest BCUT2D eigenvalue weighted by atomic mass is 16.3. The number of benzene rings is 2. The van der Waals surface area contributed by atoms with Gasteiger partial charge in [-0.1, -0.05) is 54.1 Å². The third-order valence-electron chi connectivity index (χ3n) is 4.54. The van der Waals surface area contributed by atoms with Crippen LogP contribution in [0.15, 0.2) is 83.8 Å². The normalized spacial score (nSPS) is 11.0. The molecule has 0 saturated carbocycles. The number of aryl methyl sites for hydroxylation is 1. The molecule has 0 spiro atoms. The topological polar surface area (TPSA) is 46.3 Å². The highest BCUT2D eigenvalue weighted by molar-refractivity contribution is 5.47. The molecule has 4 aromatic rings. The third kappa shape index (κ3) is 2.75. The van der Waals surface area contributed by atoms with E-state index in [2.05, 4.69) is 0 Å². The molecule has 0 unspecified atom stereocenters. The summed E-state index contributed by atoms with van der Waals surface area (Å²) in [6.45, 7) is 2.01. The highest BCUT2D eigenvalue weighted by Crippen LogP contribution is 2.17. The summed E-state index contributed by atoms with van der Waals surface area (Å²) in [4.78, 5) is 13.3. The number of aromatic hydroxyl groups is 1. The molecule has 0 aliphatic heterocycles. The lowest BCUT2D eigenvalue weighted by molar-refractivity contribution is -0.527. The van der Waals surface area contributed by atoms with Gasteiger partial charge in [0, 0.05) is 12.5 Å². The van der Waals surface area contributed by atoms with Crippen LogP contribution in [0.25, 0.3) is 11.3 Å². The van der Waals surface area contributed by atoms with Gasteiger partial charge in [0.25, 0.3) is 11.5 Å². The van der Waals surface area contributed by atoms with Gasteiger partial charge in [-0.25, -0.2) is 4.79 Å². The Bertz CT molecular complexity index is 1130.